The molecule has 0 radical (unpaired) electrons. The number of alkyl halides is 2. The average Bonchev–Trinajstić information content (AvgIpc) is 2.35. The van der Waals surface area contributed by atoms with E-state index in [1.165, 1.54) is 0 Å². The molecule has 1 aliphatic heterocycles. The van der Waals surface area contributed by atoms with Crippen molar-refractivity contribution in [3.63, 3.8) is 0 Å². The molecule has 3 nitrogen and oxygen atoms in total. The highest BCUT2D eigenvalue weighted by Crippen LogP contribution is 2.56. The van der Waals surface area contributed by atoms with Crippen molar-refractivity contribution in [1.29, 1.82) is 0 Å². The maximum absolute atomic E-state index is 13.2. The van der Waals surface area contributed by atoms with Crippen LogP contribution in [0.5, 0.6) is 11.5 Å². The van der Waals surface area contributed by atoms with Crippen LogP contribution in [0.4, 0.5) is 8.78 Å². The van der Waals surface area contributed by atoms with Gasteiger partial charge in [-0.1, -0.05) is 12.1 Å². The second-order valence-electron chi connectivity index (χ2n) is 5.02. The standard InChI is InChI=1S/C13H15F2NO2/c14-13(15)6-12(7-13,8-16)9-2-1-3-10-11(9)18-5-4-17-10/h1-3H,4-8,16H2. The first-order valence-corrected chi connectivity index (χ1v) is 6.03. The predicted molar refractivity (Wildman–Crippen MR) is 62.3 cm³/mol. The van der Waals surface area contributed by atoms with E-state index in [0.717, 1.165) is 5.56 Å². The van der Waals surface area contributed by atoms with E-state index in [1.54, 1.807) is 12.1 Å². The molecule has 0 bridgehead atoms. The Bertz CT molecular complexity index is 468. The Morgan fingerprint density at radius 1 is 1.17 bits per heavy atom. The van der Waals surface area contributed by atoms with E-state index < -0.39 is 11.3 Å². The van der Waals surface area contributed by atoms with Crippen LogP contribution < -0.4 is 15.2 Å². The first kappa shape index (κ1) is 11.7. The molecule has 1 aromatic carbocycles. The van der Waals surface area contributed by atoms with Crippen LogP contribution in [0.25, 0.3) is 0 Å². The normalized spacial score (nSPS) is 23.3. The Morgan fingerprint density at radius 3 is 2.56 bits per heavy atom. The highest BCUT2D eigenvalue weighted by atomic mass is 19.3. The first-order chi connectivity index (χ1) is 8.56. The summed E-state index contributed by atoms with van der Waals surface area (Å²) in [7, 11) is 0. The smallest absolute Gasteiger partial charge is 0.250 e. The summed E-state index contributed by atoms with van der Waals surface area (Å²) in [6.45, 7) is 1.13. The Labute approximate surface area is 104 Å². The van der Waals surface area contributed by atoms with Crippen LogP contribution in [0, 0.1) is 0 Å². The van der Waals surface area contributed by atoms with Crippen LogP contribution in [0.1, 0.15) is 18.4 Å². The van der Waals surface area contributed by atoms with Gasteiger partial charge in [-0.3, -0.25) is 0 Å². The van der Waals surface area contributed by atoms with Crippen LogP contribution in [-0.4, -0.2) is 25.7 Å². The fraction of sp³-hybridized carbons (Fsp3) is 0.538. The Hall–Kier alpha value is -1.36. The molecule has 3 rings (SSSR count). The average molecular weight is 255 g/mol. The zero-order chi connectivity index (χ0) is 12.8. The van der Waals surface area contributed by atoms with Gasteiger partial charge in [0.15, 0.2) is 11.5 Å². The third-order valence-corrected chi connectivity index (χ3v) is 3.72. The fourth-order valence-corrected chi connectivity index (χ4v) is 2.87. The minimum absolute atomic E-state index is 0.197. The quantitative estimate of drug-likeness (QED) is 0.880. The monoisotopic (exact) mass is 255 g/mol. The van der Waals surface area contributed by atoms with E-state index in [1.807, 2.05) is 6.07 Å². The molecular formula is C13H15F2NO2. The molecule has 0 aromatic heterocycles. The molecule has 1 heterocycles. The second kappa shape index (κ2) is 3.82. The van der Waals surface area contributed by atoms with Gasteiger partial charge in [-0.15, -0.1) is 0 Å². The summed E-state index contributed by atoms with van der Waals surface area (Å²) >= 11 is 0. The van der Waals surface area contributed by atoms with Gasteiger partial charge in [-0.05, 0) is 6.07 Å². The molecule has 18 heavy (non-hydrogen) atoms. The van der Waals surface area contributed by atoms with E-state index in [2.05, 4.69) is 0 Å². The maximum Gasteiger partial charge on any atom is 0.250 e. The van der Waals surface area contributed by atoms with Crippen molar-refractivity contribution >= 4 is 0 Å². The summed E-state index contributed by atoms with van der Waals surface area (Å²) in [4.78, 5) is 0. The number of hydrogen-bond donors (Lipinski definition) is 1. The minimum Gasteiger partial charge on any atom is -0.486 e. The number of benzene rings is 1. The van der Waals surface area contributed by atoms with Gasteiger partial charge in [0.25, 0.3) is 0 Å². The number of fused-ring (bicyclic) bond motifs is 1. The fourth-order valence-electron chi connectivity index (χ4n) is 2.87. The summed E-state index contributed by atoms with van der Waals surface area (Å²) in [5.41, 5.74) is 5.81. The molecule has 0 saturated heterocycles. The molecule has 1 fully saturated rings. The lowest BCUT2D eigenvalue weighted by Gasteiger charge is -2.47. The number of nitrogens with two attached hydrogens (primary N) is 1. The summed E-state index contributed by atoms with van der Waals surface area (Å²) in [6.07, 6.45) is -0.424. The molecule has 0 amide bonds. The minimum atomic E-state index is -2.61. The number of ether oxygens (including phenoxy) is 2. The van der Waals surface area contributed by atoms with Crippen molar-refractivity contribution in [3.8, 4) is 11.5 Å². The van der Waals surface area contributed by atoms with Crippen LogP contribution >= 0.6 is 0 Å². The van der Waals surface area contributed by atoms with E-state index in [9.17, 15) is 8.78 Å². The highest BCUT2D eigenvalue weighted by molar-refractivity contribution is 5.52. The lowest BCUT2D eigenvalue weighted by Crippen LogP contribution is -2.54. The zero-order valence-corrected chi connectivity index (χ0v) is 9.92. The molecule has 0 spiro atoms. The summed E-state index contributed by atoms with van der Waals surface area (Å²) in [6, 6.07) is 5.41. The van der Waals surface area contributed by atoms with Crippen LogP contribution in [-0.2, 0) is 5.41 Å². The molecule has 5 heteroatoms. The second-order valence-corrected chi connectivity index (χ2v) is 5.02. The maximum atomic E-state index is 13.2. The molecule has 0 unspecified atom stereocenters. The van der Waals surface area contributed by atoms with Gasteiger partial charge in [0.2, 0.25) is 5.92 Å². The molecule has 1 saturated carbocycles. The molecule has 2 aliphatic rings. The van der Waals surface area contributed by atoms with E-state index in [-0.39, 0.29) is 19.4 Å². The third kappa shape index (κ3) is 1.65. The highest BCUT2D eigenvalue weighted by Gasteiger charge is 2.57. The van der Waals surface area contributed by atoms with Crippen molar-refractivity contribution in [3.05, 3.63) is 23.8 Å². The van der Waals surface area contributed by atoms with Crippen molar-refractivity contribution in [2.75, 3.05) is 19.8 Å². The van der Waals surface area contributed by atoms with Crippen molar-refractivity contribution in [1.82, 2.24) is 0 Å². The summed E-state index contributed by atoms with van der Waals surface area (Å²) < 4.78 is 37.5. The first-order valence-electron chi connectivity index (χ1n) is 6.03. The van der Waals surface area contributed by atoms with Crippen LogP contribution in [0.15, 0.2) is 18.2 Å². The third-order valence-electron chi connectivity index (χ3n) is 3.72. The van der Waals surface area contributed by atoms with Crippen molar-refractivity contribution in [2.24, 2.45) is 5.73 Å². The molecule has 1 aliphatic carbocycles. The van der Waals surface area contributed by atoms with Gasteiger partial charge in [0.05, 0.1) is 0 Å². The number of para-hydroxylation sites is 1. The summed E-state index contributed by atoms with van der Waals surface area (Å²) in [5.74, 6) is -1.40. The van der Waals surface area contributed by atoms with E-state index in [0.29, 0.717) is 24.7 Å². The largest absolute Gasteiger partial charge is 0.486 e. The Kier molecular flexibility index (Phi) is 2.48. The zero-order valence-electron chi connectivity index (χ0n) is 9.92. The van der Waals surface area contributed by atoms with Gasteiger partial charge < -0.3 is 15.2 Å². The number of rotatable bonds is 2. The van der Waals surface area contributed by atoms with Crippen LogP contribution in [0.3, 0.4) is 0 Å². The van der Waals surface area contributed by atoms with Gasteiger partial charge in [-0.2, -0.15) is 0 Å². The van der Waals surface area contributed by atoms with E-state index in [4.69, 9.17) is 15.2 Å². The van der Waals surface area contributed by atoms with E-state index >= 15 is 0 Å². The molecule has 1 aromatic rings. The topological polar surface area (TPSA) is 44.5 Å². The van der Waals surface area contributed by atoms with Gasteiger partial charge in [-0.25, -0.2) is 8.78 Å². The van der Waals surface area contributed by atoms with Crippen molar-refractivity contribution < 1.29 is 18.3 Å². The summed E-state index contributed by atoms with van der Waals surface area (Å²) in [5, 5.41) is 0. The Morgan fingerprint density at radius 2 is 1.89 bits per heavy atom. The van der Waals surface area contributed by atoms with Gasteiger partial charge >= 0.3 is 0 Å². The predicted octanol–water partition coefficient (Wildman–Crippen LogP) is 2.08. The lowest BCUT2D eigenvalue weighted by atomic mass is 9.62. The lowest BCUT2D eigenvalue weighted by molar-refractivity contribution is -0.124. The molecule has 0 atom stereocenters. The van der Waals surface area contributed by atoms with Gasteiger partial charge in [0.1, 0.15) is 13.2 Å². The Balaban J connectivity index is 2.01. The van der Waals surface area contributed by atoms with Crippen molar-refractivity contribution in [2.45, 2.75) is 24.2 Å². The van der Waals surface area contributed by atoms with Crippen LogP contribution in [0.2, 0.25) is 0 Å². The molecule has 2 N–H and O–H groups in total. The number of hydrogen-bond acceptors (Lipinski definition) is 3. The SMILES string of the molecule is NCC1(c2cccc3c2OCCO3)CC(F)(F)C1. The molecular weight excluding hydrogens is 240 g/mol. The van der Waals surface area contributed by atoms with Gasteiger partial charge in [0, 0.05) is 30.4 Å². The number of halogens is 2. The molecule has 98 valence electrons.